The van der Waals surface area contributed by atoms with E-state index in [-0.39, 0.29) is 0 Å². The lowest BCUT2D eigenvalue weighted by molar-refractivity contribution is 0.273. The van der Waals surface area contributed by atoms with Gasteiger partial charge < -0.3 is 9.80 Å². The van der Waals surface area contributed by atoms with Gasteiger partial charge in [0.1, 0.15) is 6.17 Å². The monoisotopic (exact) mass is 525 g/mol. The van der Waals surface area contributed by atoms with Crippen molar-refractivity contribution in [3.05, 3.63) is 42.7 Å². The molecule has 218 valence electrons. The van der Waals surface area contributed by atoms with Crippen molar-refractivity contribution in [3.8, 4) is 0 Å². The Balaban J connectivity index is 1.54. The maximum absolute atomic E-state index is 2.64. The SMILES string of the molecule is CCCCCCCCCCCCCCCCCN1C=CN(c2ccccc2)C1CCCCCCCCCC. The average Bonchev–Trinajstić information content (AvgIpc) is 3.35. The zero-order valence-electron chi connectivity index (χ0n) is 25.7. The van der Waals surface area contributed by atoms with Crippen molar-refractivity contribution in [1.82, 2.24) is 4.90 Å². The van der Waals surface area contributed by atoms with Crippen LogP contribution in [0, 0.1) is 0 Å². The van der Waals surface area contributed by atoms with Crippen molar-refractivity contribution in [2.45, 2.75) is 174 Å². The minimum absolute atomic E-state index is 0.504. The number of nitrogens with zero attached hydrogens (tertiary/aromatic N) is 2. The molecule has 1 unspecified atom stereocenters. The molecule has 0 amide bonds. The molecule has 1 aromatic carbocycles. The number of para-hydroxylation sites is 1. The average molecular weight is 525 g/mol. The van der Waals surface area contributed by atoms with E-state index in [0.29, 0.717) is 6.17 Å². The minimum Gasteiger partial charge on any atom is -0.356 e. The molecular formula is C36H64N2. The van der Waals surface area contributed by atoms with Crippen LogP contribution in [0.4, 0.5) is 5.69 Å². The zero-order valence-corrected chi connectivity index (χ0v) is 25.7. The Morgan fingerprint density at radius 3 is 1.37 bits per heavy atom. The van der Waals surface area contributed by atoms with Crippen LogP contribution in [-0.2, 0) is 0 Å². The predicted octanol–water partition coefficient (Wildman–Crippen LogP) is 12.0. The fourth-order valence-electron chi connectivity index (χ4n) is 6.03. The molecule has 1 atom stereocenters. The fourth-order valence-corrected chi connectivity index (χ4v) is 6.03. The summed E-state index contributed by atoms with van der Waals surface area (Å²) in [5.41, 5.74) is 1.34. The molecule has 0 N–H and O–H groups in total. The standard InChI is InChI=1S/C36H64N2/c1-3-5-7-9-11-13-14-15-16-17-18-19-21-23-28-32-37-33-34-38(35-29-25-24-26-30-35)36(37)31-27-22-20-12-10-8-6-4-2/h24-26,29-30,33-34,36H,3-23,27-28,31-32H2,1-2H3. The van der Waals surface area contributed by atoms with Crippen molar-refractivity contribution >= 4 is 5.69 Å². The Labute approximate surface area is 238 Å². The van der Waals surface area contributed by atoms with E-state index in [0.717, 1.165) is 0 Å². The summed E-state index contributed by atoms with van der Waals surface area (Å²) in [6, 6.07) is 11.0. The molecule has 0 radical (unpaired) electrons. The Kier molecular flexibility index (Phi) is 20.2. The van der Waals surface area contributed by atoms with Gasteiger partial charge in [0.15, 0.2) is 0 Å². The lowest BCUT2D eigenvalue weighted by atomic mass is 10.0. The van der Waals surface area contributed by atoms with Crippen molar-refractivity contribution in [1.29, 1.82) is 0 Å². The summed E-state index contributed by atoms with van der Waals surface area (Å²) >= 11 is 0. The molecule has 0 fully saturated rings. The van der Waals surface area contributed by atoms with Crippen molar-refractivity contribution in [2.75, 3.05) is 11.4 Å². The smallest absolute Gasteiger partial charge is 0.105 e. The number of unbranched alkanes of at least 4 members (excludes halogenated alkanes) is 21. The molecule has 0 bridgehead atoms. The molecule has 0 saturated carbocycles. The predicted molar refractivity (Wildman–Crippen MR) is 171 cm³/mol. The van der Waals surface area contributed by atoms with E-state index >= 15 is 0 Å². The Morgan fingerprint density at radius 2 is 0.895 bits per heavy atom. The summed E-state index contributed by atoms with van der Waals surface area (Å²) in [4.78, 5) is 5.16. The number of hydrogen-bond acceptors (Lipinski definition) is 2. The van der Waals surface area contributed by atoms with Crippen LogP contribution in [0.1, 0.15) is 168 Å². The summed E-state index contributed by atoms with van der Waals surface area (Å²) in [6.45, 7) is 5.82. The molecule has 2 heteroatoms. The van der Waals surface area contributed by atoms with Crippen LogP contribution in [0.3, 0.4) is 0 Å². The highest BCUT2D eigenvalue weighted by Crippen LogP contribution is 2.28. The van der Waals surface area contributed by atoms with Crippen molar-refractivity contribution < 1.29 is 0 Å². The van der Waals surface area contributed by atoms with Crippen LogP contribution in [0.2, 0.25) is 0 Å². The van der Waals surface area contributed by atoms with Crippen LogP contribution in [0.5, 0.6) is 0 Å². The first-order chi connectivity index (χ1) is 18.9. The van der Waals surface area contributed by atoms with Crippen molar-refractivity contribution in [3.63, 3.8) is 0 Å². The first-order valence-electron chi connectivity index (χ1n) is 17.1. The molecule has 0 spiro atoms. The summed E-state index contributed by atoms with van der Waals surface area (Å²) in [5.74, 6) is 0. The van der Waals surface area contributed by atoms with E-state index in [1.54, 1.807) is 0 Å². The van der Waals surface area contributed by atoms with Gasteiger partial charge in [-0.25, -0.2) is 0 Å². The highest BCUT2D eigenvalue weighted by Gasteiger charge is 2.26. The molecular weight excluding hydrogens is 460 g/mol. The maximum atomic E-state index is 2.64. The van der Waals surface area contributed by atoms with Crippen molar-refractivity contribution in [2.24, 2.45) is 0 Å². The Morgan fingerprint density at radius 1 is 0.474 bits per heavy atom. The number of benzene rings is 1. The molecule has 1 aliphatic heterocycles. The van der Waals surface area contributed by atoms with Gasteiger partial charge in [0, 0.05) is 24.6 Å². The van der Waals surface area contributed by atoms with Gasteiger partial charge in [0.25, 0.3) is 0 Å². The third kappa shape index (κ3) is 15.2. The largest absolute Gasteiger partial charge is 0.356 e. The molecule has 1 aromatic rings. The summed E-state index contributed by atoms with van der Waals surface area (Å²) in [7, 11) is 0. The molecule has 2 nitrogen and oxygen atoms in total. The summed E-state index contributed by atoms with van der Waals surface area (Å²) < 4.78 is 0. The molecule has 0 aliphatic carbocycles. The van der Waals surface area contributed by atoms with E-state index in [2.05, 4.69) is 66.4 Å². The van der Waals surface area contributed by atoms with Gasteiger partial charge >= 0.3 is 0 Å². The lowest BCUT2D eigenvalue weighted by Gasteiger charge is -2.33. The Bertz CT molecular complexity index is 655. The summed E-state index contributed by atoms with van der Waals surface area (Å²) in [5, 5.41) is 0. The van der Waals surface area contributed by atoms with Crippen LogP contribution >= 0.6 is 0 Å². The molecule has 0 saturated heterocycles. The topological polar surface area (TPSA) is 6.48 Å². The van der Waals surface area contributed by atoms with Gasteiger partial charge in [-0.1, -0.05) is 167 Å². The second-order valence-corrected chi connectivity index (χ2v) is 12.0. The van der Waals surface area contributed by atoms with Crippen LogP contribution in [-0.4, -0.2) is 17.6 Å². The molecule has 1 heterocycles. The summed E-state index contributed by atoms with van der Waals surface area (Å²) in [6.07, 6.45) is 39.2. The number of rotatable bonds is 26. The molecule has 1 aliphatic rings. The highest BCUT2D eigenvalue weighted by molar-refractivity contribution is 5.51. The second-order valence-electron chi connectivity index (χ2n) is 12.0. The van der Waals surface area contributed by atoms with E-state index in [1.165, 1.54) is 166 Å². The van der Waals surface area contributed by atoms with Crippen LogP contribution < -0.4 is 4.90 Å². The van der Waals surface area contributed by atoms with Gasteiger partial charge in [-0.15, -0.1) is 0 Å². The third-order valence-electron chi connectivity index (χ3n) is 8.51. The Hall–Kier alpha value is -1.44. The van der Waals surface area contributed by atoms with E-state index < -0.39 is 0 Å². The first-order valence-corrected chi connectivity index (χ1v) is 17.1. The van der Waals surface area contributed by atoms with Gasteiger partial charge in [-0.3, -0.25) is 0 Å². The van der Waals surface area contributed by atoms with Gasteiger partial charge in [-0.05, 0) is 31.4 Å². The lowest BCUT2D eigenvalue weighted by Crippen LogP contribution is -2.39. The molecule has 38 heavy (non-hydrogen) atoms. The van der Waals surface area contributed by atoms with Crippen LogP contribution in [0.25, 0.3) is 0 Å². The maximum Gasteiger partial charge on any atom is 0.105 e. The van der Waals surface area contributed by atoms with Crippen LogP contribution in [0.15, 0.2) is 42.7 Å². The fraction of sp³-hybridized carbons (Fsp3) is 0.778. The number of anilines is 1. The van der Waals surface area contributed by atoms with Gasteiger partial charge in [0.05, 0.1) is 0 Å². The van der Waals surface area contributed by atoms with Gasteiger partial charge in [-0.2, -0.15) is 0 Å². The molecule has 0 aromatic heterocycles. The van der Waals surface area contributed by atoms with E-state index in [4.69, 9.17) is 0 Å². The molecule has 2 rings (SSSR count). The first kappa shape index (κ1) is 32.8. The van der Waals surface area contributed by atoms with E-state index in [1.807, 2.05) is 0 Å². The van der Waals surface area contributed by atoms with Gasteiger partial charge in [0.2, 0.25) is 0 Å². The zero-order chi connectivity index (χ0) is 26.9. The minimum atomic E-state index is 0.504. The third-order valence-corrected chi connectivity index (χ3v) is 8.51. The van der Waals surface area contributed by atoms with E-state index in [9.17, 15) is 0 Å². The second kappa shape index (κ2) is 23.4. The number of hydrogen-bond donors (Lipinski definition) is 0. The highest BCUT2D eigenvalue weighted by atomic mass is 15.4. The normalized spacial score (nSPS) is 15.2. The quantitative estimate of drug-likeness (QED) is 0.111.